The third-order valence-electron chi connectivity index (χ3n) is 2.77. The molecule has 0 aromatic carbocycles. The maximum absolute atomic E-state index is 12.7. The minimum absolute atomic E-state index is 0.468. The molecule has 3 nitrogen and oxygen atoms in total. The Morgan fingerprint density at radius 3 is 2.42 bits per heavy atom. The fourth-order valence-corrected chi connectivity index (χ4v) is 1.83. The summed E-state index contributed by atoms with van der Waals surface area (Å²) in [6.45, 7) is 6.02. The lowest BCUT2D eigenvalue weighted by molar-refractivity contribution is 0.584. The first kappa shape index (κ1) is 13.2. The highest BCUT2D eigenvalue weighted by atomic mass is 19.1. The van der Waals surface area contributed by atoms with E-state index in [1.54, 1.807) is 6.07 Å². The zero-order valence-electron chi connectivity index (χ0n) is 11.3. The van der Waals surface area contributed by atoms with Crippen LogP contribution in [0.15, 0.2) is 42.9 Å². The van der Waals surface area contributed by atoms with E-state index in [0.717, 1.165) is 22.2 Å². The van der Waals surface area contributed by atoms with Crippen molar-refractivity contribution in [1.29, 1.82) is 0 Å². The van der Waals surface area contributed by atoms with E-state index in [9.17, 15) is 4.39 Å². The van der Waals surface area contributed by atoms with Gasteiger partial charge in [-0.3, -0.25) is 0 Å². The average molecular weight is 257 g/mol. The van der Waals surface area contributed by atoms with E-state index < -0.39 is 5.95 Å². The standard InChI is InChI=1S/C13H10FN3.C2H6/c1-9-6-16-17-8-11(2-4-12(9)17)10-3-5-13(14)15-7-10;1-2/h2-8H,1H3;1-2H3. The molecule has 0 radical (unpaired) electrons. The average Bonchev–Trinajstić information content (AvgIpc) is 2.83. The molecule has 0 aliphatic rings. The van der Waals surface area contributed by atoms with Gasteiger partial charge in [-0.05, 0) is 30.7 Å². The van der Waals surface area contributed by atoms with E-state index in [0.29, 0.717) is 0 Å². The largest absolute Gasteiger partial charge is 0.240 e. The number of pyridine rings is 2. The van der Waals surface area contributed by atoms with Crippen molar-refractivity contribution in [2.75, 3.05) is 0 Å². The van der Waals surface area contributed by atoms with Crippen LogP contribution in [-0.2, 0) is 0 Å². The van der Waals surface area contributed by atoms with Crippen LogP contribution in [0.4, 0.5) is 4.39 Å². The Morgan fingerprint density at radius 2 is 1.74 bits per heavy atom. The topological polar surface area (TPSA) is 30.2 Å². The molecule has 3 heterocycles. The minimum Gasteiger partial charge on any atom is -0.240 e. The van der Waals surface area contributed by atoms with Crippen LogP contribution >= 0.6 is 0 Å². The normalized spacial score (nSPS) is 10.1. The Labute approximate surface area is 111 Å². The fourth-order valence-electron chi connectivity index (χ4n) is 1.83. The summed E-state index contributed by atoms with van der Waals surface area (Å²) >= 11 is 0. The molecule has 0 saturated carbocycles. The van der Waals surface area contributed by atoms with E-state index in [1.807, 2.05) is 49.8 Å². The summed E-state index contributed by atoms with van der Waals surface area (Å²) in [4.78, 5) is 3.64. The Balaban J connectivity index is 0.000000637. The van der Waals surface area contributed by atoms with Gasteiger partial charge in [-0.25, -0.2) is 9.50 Å². The molecular weight excluding hydrogens is 241 g/mol. The fraction of sp³-hybridized carbons (Fsp3) is 0.200. The maximum Gasteiger partial charge on any atom is 0.212 e. The van der Waals surface area contributed by atoms with Crippen LogP contribution in [0.3, 0.4) is 0 Å². The van der Waals surface area contributed by atoms with Gasteiger partial charge in [-0.1, -0.05) is 19.9 Å². The van der Waals surface area contributed by atoms with E-state index >= 15 is 0 Å². The van der Waals surface area contributed by atoms with Gasteiger partial charge in [0.2, 0.25) is 5.95 Å². The van der Waals surface area contributed by atoms with Gasteiger partial charge in [0.15, 0.2) is 0 Å². The summed E-state index contributed by atoms with van der Waals surface area (Å²) < 4.78 is 14.5. The summed E-state index contributed by atoms with van der Waals surface area (Å²) in [5.74, 6) is -0.468. The van der Waals surface area contributed by atoms with E-state index in [4.69, 9.17) is 0 Å². The summed E-state index contributed by atoms with van der Waals surface area (Å²) in [5, 5.41) is 4.24. The van der Waals surface area contributed by atoms with Gasteiger partial charge in [-0.2, -0.15) is 9.49 Å². The predicted molar refractivity (Wildman–Crippen MR) is 74.5 cm³/mol. The first-order chi connectivity index (χ1) is 9.24. The maximum atomic E-state index is 12.7. The third-order valence-corrected chi connectivity index (χ3v) is 2.77. The molecular formula is C15H16FN3. The van der Waals surface area contributed by atoms with Crippen molar-refractivity contribution in [1.82, 2.24) is 14.6 Å². The highest BCUT2D eigenvalue weighted by Crippen LogP contribution is 2.20. The number of halogens is 1. The number of nitrogens with zero attached hydrogens (tertiary/aromatic N) is 3. The number of fused-ring (bicyclic) bond motifs is 1. The second kappa shape index (κ2) is 5.61. The Kier molecular flexibility index (Phi) is 3.90. The van der Waals surface area contributed by atoms with E-state index in [1.165, 1.54) is 12.3 Å². The molecule has 0 saturated heterocycles. The molecule has 0 spiro atoms. The van der Waals surface area contributed by atoms with Gasteiger partial charge >= 0.3 is 0 Å². The second-order valence-corrected chi connectivity index (χ2v) is 3.94. The van der Waals surface area contributed by atoms with E-state index in [2.05, 4.69) is 10.1 Å². The molecule has 0 N–H and O–H groups in total. The van der Waals surface area contributed by atoms with Gasteiger partial charge in [0.25, 0.3) is 0 Å². The molecule has 19 heavy (non-hydrogen) atoms. The molecule has 0 bridgehead atoms. The SMILES string of the molecule is CC.Cc1cnn2cc(-c3ccc(F)nc3)ccc12. The predicted octanol–water partition coefficient (Wildman–Crippen LogP) is 3.87. The van der Waals surface area contributed by atoms with Crippen LogP contribution in [0, 0.1) is 12.9 Å². The zero-order valence-corrected chi connectivity index (χ0v) is 11.3. The quantitative estimate of drug-likeness (QED) is 0.619. The number of hydrogen-bond donors (Lipinski definition) is 0. The van der Waals surface area contributed by atoms with Crippen LogP contribution in [0.5, 0.6) is 0 Å². The smallest absolute Gasteiger partial charge is 0.212 e. The zero-order chi connectivity index (χ0) is 13.8. The summed E-state index contributed by atoms with van der Waals surface area (Å²) in [7, 11) is 0. The van der Waals surface area contributed by atoms with Crippen molar-refractivity contribution < 1.29 is 4.39 Å². The lowest BCUT2D eigenvalue weighted by atomic mass is 10.1. The van der Waals surface area contributed by atoms with Crippen molar-refractivity contribution in [3.63, 3.8) is 0 Å². The van der Waals surface area contributed by atoms with Crippen LogP contribution in [0.1, 0.15) is 19.4 Å². The summed E-state index contributed by atoms with van der Waals surface area (Å²) in [5.41, 5.74) is 4.05. The molecule has 3 rings (SSSR count). The first-order valence-corrected chi connectivity index (χ1v) is 6.30. The van der Waals surface area contributed by atoms with E-state index in [-0.39, 0.29) is 0 Å². The number of aromatic nitrogens is 3. The first-order valence-electron chi connectivity index (χ1n) is 6.30. The third kappa shape index (κ3) is 2.62. The summed E-state index contributed by atoms with van der Waals surface area (Å²) in [6.07, 6.45) is 5.26. The Hall–Kier alpha value is -2.23. The number of rotatable bonds is 1. The van der Waals surface area contributed by atoms with Crippen molar-refractivity contribution in [3.8, 4) is 11.1 Å². The lowest BCUT2D eigenvalue weighted by Gasteiger charge is -2.02. The van der Waals surface area contributed by atoms with Gasteiger partial charge in [0, 0.05) is 23.5 Å². The number of hydrogen-bond acceptors (Lipinski definition) is 2. The van der Waals surface area contributed by atoms with Crippen LogP contribution in [0.2, 0.25) is 0 Å². The second-order valence-electron chi connectivity index (χ2n) is 3.94. The molecule has 0 aliphatic heterocycles. The molecule has 0 atom stereocenters. The number of aryl methyl sites for hydroxylation is 1. The molecule has 3 aromatic rings. The highest BCUT2D eigenvalue weighted by molar-refractivity contribution is 5.65. The van der Waals surface area contributed by atoms with Crippen LogP contribution < -0.4 is 0 Å². The molecule has 0 aliphatic carbocycles. The van der Waals surface area contributed by atoms with Gasteiger partial charge in [-0.15, -0.1) is 0 Å². The molecule has 4 heteroatoms. The van der Waals surface area contributed by atoms with Crippen molar-refractivity contribution in [3.05, 3.63) is 54.4 Å². The van der Waals surface area contributed by atoms with Crippen LogP contribution in [0.25, 0.3) is 16.6 Å². The monoisotopic (exact) mass is 257 g/mol. The minimum atomic E-state index is -0.468. The summed E-state index contributed by atoms with van der Waals surface area (Å²) in [6, 6.07) is 7.05. The van der Waals surface area contributed by atoms with Gasteiger partial charge in [0.1, 0.15) is 0 Å². The molecule has 0 amide bonds. The van der Waals surface area contributed by atoms with Gasteiger partial charge in [0.05, 0.1) is 11.7 Å². The molecule has 3 aromatic heterocycles. The lowest BCUT2D eigenvalue weighted by Crippen LogP contribution is -1.89. The van der Waals surface area contributed by atoms with Gasteiger partial charge < -0.3 is 0 Å². The van der Waals surface area contributed by atoms with Crippen molar-refractivity contribution >= 4 is 5.52 Å². The van der Waals surface area contributed by atoms with Crippen LogP contribution in [-0.4, -0.2) is 14.6 Å². The van der Waals surface area contributed by atoms with Crippen molar-refractivity contribution in [2.45, 2.75) is 20.8 Å². The molecule has 0 fully saturated rings. The Morgan fingerprint density at radius 1 is 1.00 bits per heavy atom. The molecule has 0 unspecified atom stereocenters. The highest BCUT2D eigenvalue weighted by Gasteiger charge is 2.03. The Bertz CT molecular complexity index is 671. The molecule has 98 valence electrons. The van der Waals surface area contributed by atoms with Crippen molar-refractivity contribution in [2.24, 2.45) is 0 Å².